The molecule has 25 heavy (non-hydrogen) atoms. The molecule has 0 unspecified atom stereocenters. The highest BCUT2D eigenvalue weighted by atomic mass is 35.5. The summed E-state index contributed by atoms with van der Waals surface area (Å²) in [4.78, 5) is 15.2. The lowest BCUT2D eigenvalue weighted by molar-refractivity contribution is -0.129. The van der Waals surface area contributed by atoms with Crippen molar-refractivity contribution in [2.45, 2.75) is 39.2 Å². The van der Waals surface area contributed by atoms with Crippen LogP contribution in [0.2, 0.25) is 0 Å². The van der Waals surface area contributed by atoms with Crippen LogP contribution in [0.5, 0.6) is 0 Å². The molecule has 0 spiro atoms. The van der Waals surface area contributed by atoms with Crippen LogP contribution >= 0.6 is 12.4 Å². The van der Waals surface area contributed by atoms with Crippen molar-refractivity contribution < 1.29 is 10.0 Å². The number of aryl methyl sites for hydroxylation is 2. The molecular formula is C18H23ClN4O2. The predicted molar refractivity (Wildman–Crippen MR) is 99.4 cm³/mol. The molecule has 0 fully saturated rings. The van der Waals surface area contributed by atoms with Crippen LogP contribution in [0.25, 0.3) is 16.7 Å². The Labute approximate surface area is 152 Å². The van der Waals surface area contributed by atoms with Crippen molar-refractivity contribution >= 4 is 29.2 Å². The third-order valence-electron chi connectivity index (χ3n) is 4.35. The molecule has 0 atom stereocenters. The zero-order valence-corrected chi connectivity index (χ0v) is 15.0. The van der Waals surface area contributed by atoms with Gasteiger partial charge in [-0.1, -0.05) is 24.6 Å². The monoisotopic (exact) mass is 362 g/mol. The number of nitrogens with zero attached hydrogens (tertiary/aromatic N) is 3. The van der Waals surface area contributed by atoms with Gasteiger partial charge in [-0.3, -0.25) is 14.6 Å². The van der Waals surface area contributed by atoms with Gasteiger partial charge < -0.3 is 4.57 Å². The topological polar surface area (TPSA) is 72.1 Å². The van der Waals surface area contributed by atoms with Crippen molar-refractivity contribution in [2.24, 2.45) is 0 Å². The SMILES string of the molecule is Cc1c(-n2ccnc2)n(CCCCCC(=O)NO)c2ccccc12.Cl. The van der Waals surface area contributed by atoms with E-state index in [1.165, 1.54) is 16.5 Å². The highest BCUT2D eigenvalue weighted by molar-refractivity contribution is 5.87. The Balaban J connectivity index is 0.00000225. The minimum Gasteiger partial charge on any atom is -0.327 e. The summed E-state index contributed by atoms with van der Waals surface area (Å²) in [5.41, 5.74) is 4.13. The average Bonchev–Trinajstić information content (AvgIpc) is 3.22. The molecule has 0 saturated heterocycles. The van der Waals surface area contributed by atoms with Crippen LogP contribution in [-0.2, 0) is 11.3 Å². The summed E-state index contributed by atoms with van der Waals surface area (Å²) in [6.07, 6.45) is 8.60. The smallest absolute Gasteiger partial charge is 0.243 e. The maximum Gasteiger partial charge on any atom is 0.243 e. The number of hydroxylamine groups is 1. The van der Waals surface area contributed by atoms with Crippen molar-refractivity contribution in [3.8, 4) is 5.82 Å². The minimum absolute atomic E-state index is 0. The third-order valence-corrected chi connectivity index (χ3v) is 4.35. The summed E-state index contributed by atoms with van der Waals surface area (Å²) < 4.78 is 4.37. The molecule has 6 nitrogen and oxygen atoms in total. The fraction of sp³-hybridized carbons (Fsp3) is 0.333. The number of unbranched alkanes of at least 4 members (excludes halogenated alkanes) is 2. The molecular weight excluding hydrogens is 340 g/mol. The second-order valence-corrected chi connectivity index (χ2v) is 5.93. The number of nitrogens with one attached hydrogen (secondary N) is 1. The van der Waals surface area contributed by atoms with Crippen molar-refractivity contribution in [1.29, 1.82) is 0 Å². The number of carbonyl (C=O) groups excluding carboxylic acids is 1. The van der Waals surface area contributed by atoms with Gasteiger partial charge in [-0.25, -0.2) is 10.5 Å². The first kappa shape index (κ1) is 19.0. The van der Waals surface area contributed by atoms with Gasteiger partial charge in [0, 0.05) is 36.3 Å². The van der Waals surface area contributed by atoms with Crippen molar-refractivity contribution in [3.05, 3.63) is 48.5 Å². The van der Waals surface area contributed by atoms with E-state index < -0.39 is 0 Å². The molecule has 0 aliphatic heterocycles. The molecule has 0 aliphatic rings. The summed E-state index contributed by atoms with van der Waals surface area (Å²) in [5, 5.41) is 9.77. The highest BCUT2D eigenvalue weighted by Crippen LogP contribution is 2.28. The number of imidazole rings is 1. The fourth-order valence-corrected chi connectivity index (χ4v) is 3.20. The highest BCUT2D eigenvalue weighted by Gasteiger charge is 2.14. The zero-order valence-electron chi connectivity index (χ0n) is 14.2. The molecule has 3 aromatic rings. The Morgan fingerprint density at radius 2 is 2.04 bits per heavy atom. The normalized spacial score (nSPS) is 10.6. The number of carbonyl (C=O) groups is 1. The van der Waals surface area contributed by atoms with Gasteiger partial charge >= 0.3 is 0 Å². The number of aromatic nitrogens is 3. The van der Waals surface area contributed by atoms with E-state index in [1.807, 2.05) is 12.5 Å². The molecule has 3 rings (SSSR count). The molecule has 0 bridgehead atoms. The molecule has 0 aliphatic carbocycles. The van der Waals surface area contributed by atoms with Gasteiger partial charge in [0.1, 0.15) is 12.1 Å². The second kappa shape index (κ2) is 8.69. The van der Waals surface area contributed by atoms with E-state index in [4.69, 9.17) is 5.21 Å². The van der Waals surface area contributed by atoms with Crippen molar-refractivity contribution in [1.82, 2.24) is 19.6 Å². The Kier molecular flexibility index (Phi) is 6.61. The molecule has 1 aromatic carbocycles. The van der Waals surface area contributed by atoms with Crippen molar-refractivity contribution in [3.63, 3.8) is 0 Å². The molecule has 134 valence electrons. The molecule has 0 saturated carbocycles. The number of fused-ring (bicyclic) bond motifs is 1. The van der Waals surface area contributed by atoms with Gasteiger partial charge in [0.25, 0.3) is 0 Å². The molecule has 2 heterocycles. The van der Waals surface area contributed by atoms with Crippen molar-refractivity contribution in [2.75, 3.05) is 0 Å². The molecule has 0 radical (unpaired) electrons. The lowest BCUT2D eigenvalue weighted by atomic mass is 10.2. The summed E-state index contributed by atoms with van der Waals surface area (Å²) >= 11 is 0. The molecule has 1 amide bonds. The third kappa shape index (κ3) is 4.03. The van der Waals surface area contributed by atoms with E-state index >= 15 is 0 Å². The minimum atomic E-state index is -0.323. The average molecular weight is 363 g/mol. The Hall–Kier alpha value is -2.31. The number of rotatable bonds is 7. The van der Waals surface area contributed by atoms with Crippen LogP contribution in [0.4, 0.5) is 0 Å². The van der Waals surface area contributed by atoms with Crippen LogP contribution in [0.1, 0.15) is 31.2 Å². The van der Waals surface area contributed by atoms with Gasteiger partial charge in [-0.15, -0.1) is 12.4 Å². The quantitative estimate of drug-likeness (QED) is 0.383. The van der Waals surface area contributed by atoms with E-state index in [-0.39, 0.29) is 18.3 Å². The van der Waals surface area contributed by atoms with Gasteiger partial charge in [0.15, 0.2) is 0 Å². The summed E-state index contributed by atoms with van der Waals surface area (Å²) in [7, 11) is 0. The maximum absolute atomic E-state index is 11.1. The Morgan fingerprint density at radius 3 is 2.76 bits per heavy atom. The van der Waals surface area contributed by atoms with Gasteiger partial charge in [0.2, 0.25) is 5.91 Å². The number of amides is 1. The Morgan fingerprint density at radius 1 is 1.24 bits per heavy atom. The van der Waals surface area contributed by atoms with Crippen LogP contribution in [0.15, 0.2) is 43.0 Å². The summed E-state index contributed by atoms with van der Waals surface area (Å²) in [5.74, 6) is 0.818. The van der Waals surface area contributed by atoms with E-state index in [0.717, 1.165) is 31.6 Å². The Bertz CT molecular complexity index is 827. The van der Waals surface area contributed by atoms with Crippen LogP contribution in [0.3, 0.4) is 0 Å². The standard InChI is InChI=1S/C18H22N4O2.ClH/c1-14-15-7-4-5-8-16(15)22(18(14)21-12-10-19-13-21)11-6-2-3-9-17(23)20-24;/h4-5,7-8,10,12-13,24H,2-3,6,9,11H2,1H3,(H,20,23);1H. The lowest BCUT2D eigenvalue weighted by Crippen LogP contribution is -2.17. The molecule has 7 heteroatoms. The first-order valence-electron chi connectivity index (χ1n) is 8.21. The molecule has 2 N–H and O–H groups in total. The van der Waals surface area contributed by atoms with E-state index in [0.29, 0.717) is 6.42 Å². The second-order valence-electron chi connectivity index (χ2n) is 5.93. The maximum atomic E-state index is 11.1. The van der Waals surface area contributed by atoms with Crippen LogP contribution < -0.4 is 5.48 Å². The first-order valence-corrected chi connectivity index (χ1v) is 8.21. The first-order chi connectivity index (χ1) is 11.7. The lowest BCUT2D eigenvalue weighted by Gasteiger charge is -2.12. The van der Waals surface area contributed by atoms with Gasteiger partial charge in [0.05, 0.1) is 0 Å². The number of para-hydroxylation sites is 1. The fourth-order valence-electron chi connectivity index (χ4n) is 3.20. The van der Waals surface area contributed by atoms with E-state index in [9.17, 15) is 4.79 Å². The van der Waals surface area contributed by atoms with E-state index in [2.05, 4.69) is 45.3 Å². The zero-order chi connectivity index (χ0) is 16.9. The van der Waals surface area contributed by atoms with Crippen LogP contribution in [0, 0.1) is 6.92 Å². The number of hydrogen-bond donors (Lipinski definition) is 2. The number of benzene rings is 1. The summed E-state index contributed by atoms with van der Waals surface area (Å²) in [6.45, 7) is 3.02. The summed E-state index contributed by atoms with van der Waals surface area (Å²) in [6, 6.07) is 8.40. The largest absolute Gasteiger partial charge is 0.327 e. The van der Waals surface area contributed by atoms with E-state index in [1.54, 1.807) is 11.7 Å². The van der Waals surface area contributed by atoms with Crippen LogP contribution in [-0.4, -0.2) is 25.2 Å². The van der Waals surface area contributed by atoms with Gasteiger partial charge in [-0.05, 0) is 31.4 Å². The van der Waals surface area contributed by atoms with Gasteiger partial charge in [-0.2, -0.15) is 0 Å². The predicted octanol–water partition coefficient (Wildman–Crippen LogP) is 3.62. The number of hydrogen-bond acceptors (Lipinski definition) is 3. The molecule has 2 aromatic heterocycles. The number of halogens is 1.